The van der Waals surface area contributed by atoms with Gasteiger partial charge in [0.1, 0.15) is 5.54 Å². The minimum Gasteiger partial charge on any atom is -0.462 e. The fraction of sp³-hybridized carbons (Fsp3) is 0.556. The number of halogens is 1. The van der Waals surface area contributed by atoms with Crippen molar-refractivity contribution < 1.29 is 19.1 Å². The maximum atomic E-state index is 12.7. The average molecular weight is 371 g/mol. The summed E-state index contributed by atoms with van der Waals surface area (Å²) in [5, 5.41) is 2.81. The van der Waals surface area contributed by atoms with E-state index in [2.05, 4.69) is 5.32 Å². The lowest BCUT2D eigenvalue weighted by Crippen LogP contribution is -2.74. The van der Waals surface area contributed by atoms with Crippen LogP contribution in [0, 0.1) is 5.41 Å². The van der Waals surface area contributed by atoms with Gasteiger partial charge in [-0.25, -0.2) is 4.79 Å². The Hall–Kier alpha value is -1.63. The van der Waals surface area contributed by atoms with Gasteiger partial charge in [0.15, 0.2) is 0 Å². The number of nitrogens with two attached hydrogens (primary N) is 1. The molecule has 0 spiro atoms. The van der Waals surface area contributed by atoms with Gasteiger partial charge in [-0.2, -0.15) is 0 Å². The van der Waals surface area contributed by atoms with Gasteiger partial charge in [0.05, 0.1) is 18.3 Å². The average Bonchev–Trinajstić information content (AvgIpc) is 2.54. The number of nitrogens with one attached hydrogen (secondary N) is 1. The molecular weight excluding hydrogens is 344 g/mol. The van der Waals surface area contributed by atoms with Crippen LogP contribution < -0.4 is 11.1 Å². The second-order valence-corrected chi connectivity index (χ2v) is 6.60. The van der Waals surface area contributed by atoms with Crippen molar-refractivity contribution in [2.24, 2.45) is 11.1 Å². The van der Waals surface area contributed by atoms with Crippen molar-refractivity contribution in [2.45, 2.75) is 45.8 Å². The second kappa shape index (κ2) is 8.17. The summed E-state index contributed by atoms with van der Waals surface area (Å²) >= 11 is 0. The molecule has 1 fully saturated rings. The number of hydrogen-bond donors (Lipinski definition) is 2. The van der Waals surface area contributed by atoms with Gasteiger partial charge in [-0.1, -0.05) is 19.9 Å². The zero-order valence-corrected chi connectivity index (χ0v) is 15.9. The lowest BCUT2D eigenvalue weighted by atomic mass is 9.54. The van der Waals surface area contributed by atoms with E-state index >= 15 is 0 Å². The first-order chi connectivity index (χ1) is 11.3. The summed E-state index contributed by atoms with van der Waals surface area (Å²) in [5.41, 5.74) is 5.79. The lowest BCUT2D eigenvalue weighted by molar-refractivity contribution is -0.166. The third-order valence-electron chi connectivity index (χ3n) is 4.87. The molecule has 0 heterocycles. The summed E-state index contributed by atoms with van der Waals surface area (Å²) in [6.45, 7) is 8.43. The van der Waals surface area contributed by atoms with Crippen LogP contribution in [0.3, 0.4) is 0 Å². The molecule has 0 aromatic heterocycles. The van der Waals surface area contributed by atoms with Crippen molar-refractivity contribution in [3.63, 3.8) is 0 Å². The number of carbonyl (C=O) groups is 2. The van der Waals surface area contributed by atoms with Crippen LogP contribution in [-0.2, 0) is 14.3 Å². The summed E-state index contributed by atoms with van der Waals surface area (Å²) < 4.78 is 10.6. The molecule has 1 aromatic carbocycles. The van der Waals surface area contributed by atoms with Crippen LogP contribution in [0.1, 0.15) is 44.5 Å². The Labute approximate surface area is 154 Å². The predicted octanol–water partition coefficient (Wildman–Crippen LogP) is 2.76. The van der Waals surface area contributed by atoms with Gasteiger partial charge in [0, 0.05) is 24.1 Å². The zero-order chi connectivity index (χ0) is 18.0. The van der Waals surface area contributed by atoms with Crippen LogP contribution in [0.5, 0.6) is 0 Å². The molecule has 1 aliphatic carbocycles. The van der Waals surface area contributed by atoms with Gasteiger partial charge in [-0.3, -0.25) is 4.79 Å². The van der Waals surface area contributed by atoms with Crippen LogP contribution in [0.25, 0.3) is 0 Å². The molecule has 3 N–H and O–H groups in total. The van der Waals surface area contributed by atoms with Crippen LogP contribution in [0.15, 0.2) is 24.3 Å². The molecule has 1 amide bonds. The number of carbonyl (C=O) groups excluding carboxylic acids is 2. The van der Waals surface area contributed by atoms with E-state index in [4.69, 9.17) is 15.2 Å². The quantitative estimate of drug-likeness (QED) is 0.751. The standard InChI is InChI=1S/C18H26N2O4.ClH/c1-5-23-14-11-18(19,17(14,3)4)16(22)20-13-9-7-8-12(10-13)15(21)24-6-2;/h7-10,14H,5-6,11,19H2,1-4H3,(H,20,22);1H. The fourth-order valence-electron chi connectivity index (χ4n) is 3.00. The highest BCUT2D eigenvalue weighted by Crippen LogP contribution is 2.50. The highest BCUT2D eigenvalue weighted by molar-refractivity contribution is 6.00. The van der Waals surface area contributed by atoms with Crippen molar-refractivity contribution in [2.75, 3.05) is 18.5 Å². The number of amides is 1. The Kier molecular flexibility index (Phi) is 6.99. The largest absolute Gasteiger partial charge is 0.462 e. The summed E-state index contributed by atoms with van der Waals surface area (Å²) in [7, 11) is 0. The molecule has 25 heavy (non-hydrogen) atoms. The SMILES string of the molecule is CCOC(=O)c1cccc(NC(=O)C2(N)CC(OCC)C2(C)C)c1.Cl. The molecule has 0 bridgehead atoms. The Morgan fingerprint density at radius 3 is 2.52 bits per heavy atom. The van der Waals surface area contributed by atoms with Crippen LogP contribution in [0.4, 0.5) is 5.69 Å². The molecule has 1 saturated carbocycles. The molecule has 1 aliphatic rings. The van der Waals surface area contributed by atoms with Crippen molar-refractivity contribution in [3.05, 3.63) is 29.8 Å². The minimum atomic E-state index is -1.01. The number of rotatable bonds is 6. The second-order valence-electron chi connectivity index (χ2n) is 6.60. The molecule has 7 heteroatoms. The number of anilines is 1. The molecule has 6 nitrogen and oxygen atoms in total. The molecule has 140 valence electrons. The van der Waals surface area contributed by atoms with Gasteiger partial charge in [-0.15, -0.1) is 12.4 Å². The highest BCUT2D eigenvalue weighted by Gasteiger charge is 2.62. The Morgan fingerprint density at radius 2 is 1.96 bits per heavy atom. The van der Waals surface area contributed by atoms with E-state index in [-0.39, 0.29) is 24.4 Å². The smallest absolute Gasteiger partial charge is 0.338 e. The Bertz CT molecular complexity index is 635. The maximum Gasteiger partial charge on any atom is 0.338 e. The Balaban J connectivity index is 0.00000312. The first-order valence-corrected chi connectivity index (χ1v) is 8.25. The Morgan fingerprint density at radius 1 is 1.28 bits per heavy atom. The molecule has 1 aromatic rings. The normalized spacial score (nSPS) is 23.8. The topological polar surface area (TPSA) is 90.7 Å². The van der Waals surface area contributed by atoms with E-state index < -0.39 is 16.9 Å². The van der Waals surface area contributed by atoms with E-state index in [1.165, 1.54) is 0 Å². The molecule has 2 unspecified atom stereocenters. The van der Waals surface area contributed by atoms with Crippen molar-refractivity contribution >= 4 is 30.0 Å². The highest BCUT2D eigenvalue weighted by atomic mass is 35.5. The summed E-state index contributed by atoms with van der Waals surface area (Å²) in [4.78, 5) is 24.5. The van der Waals surface area contributed by atoms with Gasteiger partial charge < -0.3 is 20.5 Å². The monoisotopic (exact) mass is 370 g/mol. The van der Waals surface area contributed by atoms with Crippen molar-refractivity contribution in [3.8, 4) is 0 Å². The molecule has 2 atom stereocenters. The van der Waals surface area contributed by atoms with E-state index in [9.17, 15) is 9.59 Å². The van der Waals surface area contributed by atoms with E-state index in [1.54, 1.807) is 31.2 Å². The van der Waals surface area contributed by atoms with Gasteiger partial charge >= 0.3 is 5.97 Å². The lowest BCUT2D eigenvalue weighted by Gasteiger charge is -2.57. The fourth-order valence-corrected chi connectivity index (χ4v) is 3.00. The third-order valence-corrected chi connectivity index (χ3v) is 4.87. The molecule has 0 saturated heterocycles. The zero-order valence-electron chi connectivity index (χ0n) is 15.1. The summed E-state index contributed by atoms with van der Waals surface area (Å²) in [6.07, 6.45) is 0.432. The number of hydrogen-bond acceptors (Lipinski definition) is 5. The number of benzene rings is 1. The first kappa shape index (κ1) is 21.4. The minimum absolute atomic E-state index is 0. The van der Waals surface area contributed by atoms with E-state index in [0.29, 0.717) is 30.9 Å². The third kappa shape index (κ3) is 3.97. The summed E-state index contributed by atoms with van der Waals surface area (Å²) in [6, 6.07) is 6.64. The van der Waals surface area contributed by atoms with Crippen molar-refractivity contribution in [1.29, 1.82) is 0 Å². The number of esters is 1. The first-order valence-electron chi connectivity index (χ1n) is 8.25. The predicted molar refractivity (Wildman–Crippen MR) is 99.0 cm³/mol. The van der Waals surface area contributed by atoms with Gasteiger partial charge in [-0.05, 0) is 32.0 Å². The molecular formula is C18H27ClN2O4. The molecule has 0 radical (unpaired) electrons. The van der Waals surface area contributed by atoms with Gasteiger partial charge in [0.25, 0.3) is 0 Å². The van der Waals surface area contributed by atoms with Crippen LogP contribution in [-0.4, -0.2) is 36.7 Å². The van der Waals surface area contributed by atoms with E-state index in [1.807, 2.05) is 20.8 Å². The maximum absolute atomic E-state index is 12.7. The van der Waals surface area contributed by atoms with Gasteiger partial charge in [0.2, 0.25) is 5.91 Å². The number of ether oxygens (including phenoxy) is 2. The van der Waals surface area contributed by atoms with Crippen LogP contribution >= 0.6 is 12.4 Å². The molecule has 2 rings (SSSR count). The summed E-state index contributed by atoms with van der Waals surface area (Å²) in [5.74, 6) is -0.694. The molecule has 0 aliphatic heterocycles. The van der Waals surface area contributed by atoms with E-state index in [0.717, 1.165) is 0 Å². The van der Waals surface area contributed by atoms with Crippen molar-refractivity contribution in [1.82, 2.24) is 0 Å². The van der Waals surface area contributed by atoms with Crippen LogP contribution in [0.2, 0.25) is 0 Å².